The van der Waals surface area contributed by atoms with Crippen molar-refractivity contribution in [2.24, 2.45) is 5.41 Å². The zero-order valence-electron chi connectivity index (χ0n) is 15.8. The highest BCUT2D eigenvalue weighted by Crippen LogP contribution is 2.42. The van der Waals surface area contributed by atoms with E-state index in [2.05, 4.69) is 9.80 Å². The Bertz CT molecular complexity index is 651. The first-order chi connectivity index (χ1) is 12.5. The number of hydrogen-bond acceptors (Lipinski definition) is 5. The third-order valence-electron chi connectivity index (χ3n) is 6.04. The maximum atomic E-state index is 12.0. The summed E-state index contributed by atoms with van der Waals surface area (Å²) in [5.41, 5.74) is 1.33. The van der Waals surface area contributed by atoms with Gasteiger partial charge >= 0.3 is 5.97 Å². The lowest BCUT2D eigenvalue weighted by atomic mass is 9.68. The summed E-state index contributed by atoms with van der Waals surface area (Å²) in [5, 5.41) is 19.5. The van der Waals surface area contributed by atoms with Crippen molar-refractivity contribution >= 4 is 5.97 Å². The molecule has 2 heterocycles. The van der Waals surface area contributed by atoms with Crippen molar-refractivity contribution in [3.05, 3.63) is 29.3 Å². The second-order valence-electron chi connectivity index (χ2n) is 7.58. The fourth-order valence-corrected chi connectivity index (χ4v) is 4.60. The van der Waals surface area contributed by atoms with Crippen molar-refractivity contribution in [3.63, 3.8) is 0 Å². The van der Waals surface area contributed by atoms with E-state index in [1.165, 1.54) is 0 Å². The van der Waals surface area contributed by atoms with Gasteiger partial charge in [-0.25, -0.2) is 0 Å². The Morgan fingerprint density at radius 2 is 2.15 bits per heavy atom. The topological polar surface area (TPSA) is 73.2 Å². The van der Waals surface area contributed by atoms with E-state index >= 15 is 0 Å². The molecule has 2 N–H and O–H groups in total. The summed E-state index contributed by atoms with van der Waals surface area (Å²) in [6.07, 6.45) is 2.43. The lowest BCUT2D eigenvalue weighted by Crippen LogP contribution is -2.62. The third kappa shape index (κ3) is 3.59. The fraction of sp³-hybridized carbons (Fsp3) is 0.650. The molecule has 1 aromatic rings. The summed E-state index contributed by atoms with van der Waals surface area (Å²) in [5.74, 6) is 0.0895. The number of aliphatic hydroxyl groups excluding tert-OH is 1. The highest BCUT2D eigenvalue weighted by Gasteiger charge is 2.52. The molecule has 26 heavy (non-hydrogen) atoms. The smallest absolute Gasteiger partial charge is 0.311 e. The van der Waals surface area contributed by atoms with Crippen LogP contribution in [0.15, 0.2) is 18.2 Å². The minimum absolute atomic E-state index is 0.0450. The zero-order chi connectivity index (χ0) is 18.7. The molecular formula is C20H30N2O4. The maximum Gasteiger partial charge on any atom is 0.311 e. The van der Waals surface area contributed by atoms with Gasteiger partial charge in [-0.15, -0.1) is 0 Å². The van der Waals surface area contributed by atoms with Crippen molar-refractivity contribution in [3.8, 4) is 5.75 Å². The van der Waals surface area contributed by atoms with Gasteiger partial charge < -0.3 is 19.8 Å². The van der Waals surface area contributed by atoms with Gasteiger partial charge in [0, 0.05) is 24.7 Å². The molecule has 0 spiro atoms. The van der Waals surface area contributed by atoms with Crippen molar-refractivity contribution in [1.82, 2.24) is 9.80 Å². The molecule has 1 aromatic carbocycles. The molecule has 2 atom stereocenters. The number of carboxylic acids is 1. The van der Waals surface area contributed by atoms with Gasteiger partial charge in [0.2, 0.25) is 0 Å². The van der Waals surface area contributed by atoms with Crippen molar-refractivity contribution in [2.45, 2.75) is 45.4 Å². The Morgan fingerprint density at radius 1 is 1.35 bits per heavy atom. The highest BCUT2D eigenvalue weighted by molar-refractivity contribution is 5.76. The second kappa shape index (κ2) is 7.94. The molecule has 144 valence electrons. The first-order valence-electron chi connectivity index (χ1n) is 9.51. The Hall–Kier alpha value is -1.63. The van der Waals surface area contributed by atoms with Crippen LogP contribution in [0.5, 0.6) is 5.75 Å². The molecule has 0 unspecified atom stereocenters. The first-order valence-corrected chi connectivity index (χ1v) is 9.51. The number of rotatable bonds is 6. The summed E-state index contributed by atoms with van der Waals surface area (Å²) in [7, 11) is 2.05. The SMILES string of the molecule is CCOc1ccc(CN2CC[C@@]3(C(=O)O)CCCN(C)[C@@H]3C2)cc1CO. The number of piperidine rings is 2. The predicted molar refractivity (Wildman–Crippen MR) is 99.1 cm³/mol. The largest absolute Gasteiger partial charge is 0.494 e. The van der Waals surface area contributed by atoms with E-state index in [-0.39, 0.29) is 12.6 Å². The van der Waals surface area contributed by atoms with Gasteiger partial charge in [0.15, 0.2) is 0 Å². The van der Waals surface area contributed by atoms with Crippen LogP contribution in [0.2, 0.25) is 0 Å². The molecule has 6 nitrogen and oxygen atoms in total. The average Bonchev–Trinajstić information content (AvgIpc) is 2.63. The van der Waals surface area contributed by atoms with Crippen LogP contribution in [0, 0.1) is 5.41 Å². The molecule has 0 aromatic heterocycles. The van der Waals surface area contributed by atoms with E-state index in [4.69, 9.17) is 4.74 Å². The molecule has 2 fully saturated rings. The number of benzene rings is 1. The highest BCUT2D eigenvalue weighted by atomic mass is 16.5. The van der Waals surface area contributed by atoms with E-state index < -0.39 is 11.4 Å². The van der Waals surface area contributed by atoms with Crippen LogP contribution < -0.4 is 4.74 Å². The minimum atomic E-state index is -0.641. The Kier molecular flexibility index (Phi) is 5.85. The van der Waals surface area contributed by atoms with Gasteiger partial charge in [-0.2, -0.15) is 0 Å². The number of carboxylic acid groups (broad SMARTS) is 1. The fourth-order valence-electron chi connectivity index (χ4n) is 4.60. The number of fused-ring (bicyclic) bond motifs is 1. The number of aliphatic carboxylic acids is 1. The molecule has 2 aliphatic rings. The molecule has 0 amide bonds. The molecule has 0 aliphatic carbocycles. The number of likely N-dealkylation sites (tertiary alicyclic amines) is 2. The van der Waals surface area contributed by atoms with Crippen LogP contribution >= 0.6 is 0 Å². The summed E-state index contributed by atoms with van der Waals surface area (Å²) < 4.78 is 5.55. The monoisotopic (exact) mass is 362 g/mol. The van der Waals surface area contributed by atoms with Gasteiger partial charge in [0.25, 0.3) is 0 Å². The quantitative estimate of drug-likeness (QED) is 0.806. The van der Waals surface area contributed by atoms with E-state index in [9.17, 15) is 15.0 Å². The summed E-state index contributed by atoms with van der Waals surface area (Å²) in [6, 6.07) is 6.01. The van der Waals surface area contributed by atoms with Crippen LogP contribution in [0.4, 0.5) is 0 Å². The first kappa shape index (κ1) is 19.1. The van der Waals surface area contributed by atoms with Crippen LogP contribution in [0.25, 0.3) is 0 Å². The molecule has 2 aliphatic heterocycles. The minimum Gasteiger partial charge on any atom is -0.494 e. The van der Waals surface area contributed by atoms with Crippen LogP contribution in [0.3, 0.4) is 0 Å². The van der Waals surface area contributed by atoms with Crippen molar-refractivity contribution in [1.29, 1.82) is 0 Å². The van der Waals surface area contributed by atoms with Crippen molar-refractivity contribution in [2.75, 3.05) is 33.3 Å². The predicted octanol–water partition coefficient (Wildman–Crippen LogP) is 1.95. The average molecular weight is 362 g/mol. The van der Waals surface area contributed by atoms with Gasteiger partial charge in [-0.3, -0.25) is 9.69 Å². The molecule has 0 radical (unpaired) electrons. The Morgan fingerprint density at radius 3 is 2.85 bits per heavy atom. The number of hydrogen-bond donors (Lipinski definition) is 2. The molecule has 3 rings (SSSR count). The standard InChI is InChI=1S/C20H30N2O4/c1-3-26-17-6-5-15(11-16(17)14-23)12-22-10-8-20(19(24)25)7-4-9-21(2)18(20)13-22/h5-6,11,18,23H,3-4,7-10,12-14H2,1-2H3,(H,24,25)/t18-,20+/m1/s1. The van der Waals surface area contributed by atoms with Gasteiger partial charge in [-0.1, -0.05) is 6.07 Å². The lowest BCUT2D eigenvalue weighted by Gasteiger charge is -2.51. The van der Waals surface area contributed by atoms with Gasteiger partial charge in [-0.05, 0) is 64.0 Å². The van der Waals surface area contributed by atoms with Gasteiger partial charge in [0.05, 0.1) is 18.6 Å². The molecule has 0 saturated carbocycles. The van der Waals surface area contributed by atoms with E-state index in [0.717, 1.165) is 55.9 Å². The normalized spacial score (nSPS) is 27.1. The number of aliphatic hydroxyl groups is 1. The summed E-state index contributed by atoms with van der Waals surface area (Å²) in [4.78, 5) is 16.6. The molecule has 6 heteroatoms. The zero-order valence-corrected chi connectivity index (χ0v) is 15.8. The van der Waals surface area contributed by atoms with E-state index in [1.807, 2.05) is 32.2 Å². The second-order valence-corrected chi connectivity index (χ2v) is 7.58. The van der Waals surface area contributed by atoms with Gasteiger partial charge in [0.1, 0.15) is 5.75 Å². The van der Waals surface area contributed by atoms with Crippen LogP contribution in [-0.2, 0) is 17.9 Å². The Labute approximate surface area is 155 Å². The number of carbonyl (C=O) groups is 1. The molecular weight excluding hydrogens is 332 g/mol. The number of likely N-dealkylation sites (N-methyl/N-ethyl adjacent to an activating group) is 1. The van der Waals surface area contributed by atoms with Crippen LogP contribution in [-0.4, -0.2) is 65.3 Å². The maximum absolute atomic E-state index is 12.0. The lowest BCUT2D eigenvalue weighted by molar-refractivity contribution is -0.162. The number of ether oxygens (including phenoxy) is 1. The Balaban J connectivity index is 1.73. The van der Waals surface area contributed by atoms with Crippen LogP contribution in [0.1, 0.15) is 37.3 Å². The summed E-state index contributed by atoms with van der Waals surface area (Å²) in [6.45, 7) is 5.74. The summed E-state index contributed by atoms with van der Waals surface area (Å²) >= 11 is 0. The molecule has 2 saturated heterocycles. The number of nitrogens with zero attached hydrogens (tertiary/aromatic N) is 2. The van der Waals surface area contributed by atoms with E-state index in [0.29, 0.717) is 13.0 Å². The van der Waals surface area contributed by atoms with Crippen molar-refractivity contribution < 1.29 is 19.7 Å². The molecule has 0 bridgehead atoms. The van der Waals surface area contributed by atoms with E-state index in [1.54, 1.807) is 0 Å². The third-order valence-corrected chi connectivity index (χ3v) is 6.04.